The molecule has 0 aliphatic rings. The number of unbranched alkanes of at least 4 members (excludes halogenated alkanes) is 9. The molecule has 3 N–H and O–H groups in total. The van der Waals surface area contributed by atoms with Gasteiger partial charge in [-0.05, 0) is 58.4 Å². The van der Waals surface area contributed by atoms with Crippen LogP contribution in [0.4, 0.5) is 4.79 Å². The van der Waals surface area contributed by atoms with E-state index in [2.05, 4.69) is 25.4 Å². The first-order valence-electron chi connectivity index (χ1n) is 12.6. The van der Waals surface area contributed by atoms with E-state index < -0.39 is 5.85 Å². The van der Waals surface area contributed by atoms with Crippen LogP contribution < -0.4 is 10.6 Å². The molecule has 0 spiro atoms. The summed E-state index contributed by atoms with van der Waals surface area (Å²) in [4.78, 5) is 41.5. The minimum Gasteiger partial charge on any atom is -0.428 e. The van der Waals surface area contributed by atoms with E-state index >= 15 is 0 Å². The highest BCUT2D eigenvalue weighted by Gasteiger charge is 2.32. The Hall–Kier alpha value is -2.76. The van der Waals surface area contributed by atoms with Crippen LogP contribution >= 0.6 is 0 Å². The predicted molar refractivity (Wildman–Crippen MR) is 132 cm³/mol. The molecule has 0 aliphatic carbocycles. The molecule has 198 valence electrons. The minimum absolute atomic E-state index is 0.327. The zero-order chi connectivity index (χ0) is 26.0. The van der Waals surface area contributed by atoms with Crippen molar-refractivity contribution in [2.75, 3.05) is 39.3 Å². The summed E-state index contributed by atoms with van der Waals surface area (Å²) in [6.07, 6.45) is 14.8. The topological polar surface area (TPSA) is 156 Å². The lowest BCUT2D eigenvalue weighted by molar-refractivity contribution is -0.0937. The number of hydrogen-bond donors (Lipinski definition) is 3. The van der Waals surface area contributed by atoms with Gasteiger partial charge in [-0.1, -0.05) is 32.1 Å². The fourth-order valence-electron chi connectivity index (χ4n) is 3.50. The number of carbonyl (C=O) groups excluding carboxylic acids is 3. The highest BCUT2D eigenvalue weighted by atomic mass is 16.5. The Morgan fingerprint density at radius 2 is 1.43 bits per heavy atom. The van der Waals surface area contributed by atoms with E-state index in [-0.39, 0.29) is 6.03 Å². The molecule has 0 rings (SSSR count). The molecule has 2 amide bonds. The van der Waals surface area contributed by atoms with Crippen molar-refractivity contribution >= 4 is 18.2 Å². The van der Waals surface area contributed by atoms with Crippen LogP contribution in [0.15, 0.2) is 9.98 Å². The molecule has 11 heteroatoms. The number of aliphatic hydroxyl groups is 1. The van der Waals surface area contributed by atoms with Crippen LogP contribution in [-0.2, 0) is 14.3 Å². The van der Waals surface area contributed by atoms with E-state index in [0.29, 0.717) is 45.8 Å². The summed E-state index contributed by atoms with van der Waals surface area (Å²) >= 11 is 0. The number of hydrogen-bond acceptors (Lipinski definition) is 9. The van der Waals surface area contributed by atoms with Gasteiger partial charge in [0.1, 0.15) is 6.61 Å². The molecule has 0 fully saturated rings. The maximum absolute atomic E-state index is 12.9. The zero-order valence-corrected chi connectivity index (χ0v) is 21.1. The molecule has 0 saturated heterocycles. The Bertz CT molecular complexity index is 684. The van der Waals surface area contributed by atoms with Gasteiger partial charge in [0.25, 0.3) is 6.26 Å². The van der Waals surface area contributed by atoms with Gasteiger partial charge in [0.15, 0.2) is 5.85 Å². The third kappa shape index (κ3) is 19.3. The second-order valence-electron chi connectivity index (χ2n) is 8.46. The van der Waals surface area contributed by atoms with Gasteiger partial charge < -0.3 is 15.2 Å². The number of ether oxygens (including phenoxy) is 1. The lowest BCUT2D eigenvalue weighted by atomic mass is 10.1. The normalized spacial score (nSPS) is 11.9. The van der Waals surface area contributed by atoms with Crippen LogP contribution in [0.3, 0.4) is 0 Å². The summed E-state index contributed by atoms with van der Waals surface area (Å²) in [5, 5.41) is 25.3. The standard InChI is InChI=1S/C24H42N6O5/c1-24(34,29-17-11-5-7-13-19-35-20-25)30(18-12-6-4-9-15-27-22-32)23(33)28-16-10-3-2-8-14-26-21-31/h29,34H,2-19H2,1H3,(H,28,33). The maximum Gasteiger partial charge on any atom is 0.320 e. The Kier molecular flexibility index (Phi) is 21.2. The first-order chi connectivity index (χ1) is 17.0. The summed E-state index contributed by atoms with van der Waals surface area (Å²) in [6.45, 7) is 4.37. The smallest absolute Gasteiger partial charge is 0.320 e. The van der Waals surface area contributed by atoms with E-state index in [1.54, 1.807) is 13.2 Å². The number of nitrogens with one attached hydrogen (secondary N) is 2. The van der Waals surface area contributed by atoms with Crippen molar-refractivity contribution in [2.45, 2.75) is 89.8 Å². The average molecular weight is 495 g/mol. The van der Waals surface area contributed by atoms with Crippen LogP contribution in [0.5, 0.6) is 0 Å². The van der Waals surface area contributed by atoms with Crippen molar-refractivity contribution in [1.29, 1.82) is 5.26 Å². The zero-order valence-electron chi connectivity index (χ0n) is 21.1. The summed E-state index contributed by atoms with van der Waals surface area (Å²) in [5.41, 5.74) is 0. The number of nitriles is 1. The van der Waals surface area contributed by atoms with E-state index in [0.717, 1.165) is 70.6 Å². The van der Waals surface area contributed by atoms with Crippen LogP contribution in [0.25, 0.3) is 0 Å². The Labute approximate surface area is 209 Å². The van der Waals surface area contributed by atoms with Gasteiger partial charge >= 0.3 is 6.03 Å². The van der Waals surface area contributed by atoms with Gasteiger partial charge in [0, 0.05) is 13.1 Å². The number of urea groups is 1. The van der Waals surface area contributed by atoms with Crippen LogP contribution in [-0.4, -0.2) is 73.4 Å². The highest BCUT2D eigenvalue weighted by molar-refractivity contribution is 5.74. The summed E-state index contributed by atoms with van der Waals surface area (Å²) < 4.78 is 4.65. The first-order valence-corrected chi connectivity index (χ1v) is 12.6. The molecule has 0 radical (unpaired) electrons. The van der Waals surface area contributed by atoms with E-state index in [4.69, 9.17) is 5.26 Å². The molecule has 0 saturated carbocycles. The highest BCUT2D eigenvalue weighted by Crippen LogP contribution is 2.13. The molecule has 0 aliphatic heterocycles. The molecule has 0 bridgehead atoms. The molecule has 0 aromatic heterocycles. The lowest BCUT2D eigenvalue weighted by Gasteiger charge is -2.37. The fraction of sp³-hybridized carbons (Fsp3) is 0.833. The number of nitrogens with zero attached hydrogens (tertiary/aromatic N) is 4. The Balaban J connectivity index is 4.52. The number of isocyanates is 2. The molecule has 0 heterocycles. The predicted octanol–water partition coefficient (Wildman–Crippen LogP) is 3.10. The van der Waals surface area contributed by atoms with Gasteiger partial charge in [0.05, 0.1) is 13.1 Å². The SMILES string of the molecule is CC(O)(NCCCCCCOC#N)N(CCCCCCN=C=O)C(=O)NCCCCCCN=C=O. The van der Waals surface area contributed by atoms with E-state index in [1.807, 2.05) is 0 Å². The molecule has 1 atom stereocenters. The van der Waals surface area contributed by atoms with Crippen molar-refractivity contribution in [3.05, 3.63) is 0 Å². The van der Waals surface area contributed by atoms with E-state index in [1.165, 1.54) is 17.1 Å². The second kappa shape index (κ2) is 23.0. The lowest BCUT2D eigenvalue weighted by Crippen LogP contribution is -2.61. The fourth-order valence-corrected chi connectivity index (χ4v) is 3.50. The Morgan fingerprint density at radius 3 is 2.03 bits per heavy atom. The van der Waals surface area contributed by atoms with Crippen molar-refractivity contribution in [1.82, 2.24) is 15.5 Å². The van der Waals surface area contributed by atoms with E-state index in [9.17, 15) is 19.5 Å². The molecule has 35 heavy (non-hydrogen) atoms. The largest absolute Gasteiger partial charge is 0.428 e. The van der Waals surface area contributed by atoms with Crippen LogP contribution in [0, 0.1) is 11.5 Å². The summed E-state index contributed by atoms with van der Waals surface area (Å²) in [7, 11) is 0. The van der Waals surface area contributed by atoms with Crippen molar-refractivity contribution < 1.29 is 24.2 Å². The molecular formula is C24H42N6O5. The number of rotatable bonds is 23. The van der Waals surface area contributed by atoms with Crippen molar-refractivity contribution in [3.63, 3.8) is 0 Å². The summed E-state index contributed by atoms with van der Waals surface area (Å²) in [5.74, 6) is -1.50. The van der Waals surface area contributed by atoms with Crippen LogP contribution in [0.2, 0.25) is 0 Å². The minimum atomic E-state index is -1.50. The number of amides is 2. The van der Waals surface area contributed by atoms with Gasteiger partial charge in [-0.25, -0.2) is 24.4 Å². The quantitative estimate of drug-likeness (QED) is 0.0647. The maximum atomic E-state index is 12.9. The average Bonchev–Trinajstić information content (AvgIpc) is 2.84. The Morgan fingerprint density at radius 1 is 0.886 bits per heavy atom. The van der Waals surface area contributed by atoms with Crippen molar-refractivity contribution in [3.8, 4) is 6.26 Å². The van der Waals surface area contributed by atoms with Crippen LogP contribution in [0.1, 0.15) is 84.0 Å². The molecule has 11 nitrogen and oxygen atoms in total. The first kappa shape index (κ1) is 32.2. The number of carbonyl (C=O) groups is 1. The second-order valence-corrected chi connectivity index (χ2v) is 8.46. The third-order valence-corrected chi connectivity index (χ3v) is 5.47. The molecule has 0 aromatic rings. The van der Waals surface area contributed by atoms with Gasteiger partial charge in [-0.15, -0.1) is 0 Å². The summed E-state index contributed by atoms with van der Waals surface area (Å²) in [6, 6.07) is -0.327. The monoisotopic (exact) mass is 494 g/mol. The third-order valence-electron chi connectivity index (χ3n) is 5.47. The molecular weight excluding hydrogens is 452 g/mol. The van der Waals surface area contributed by atoms with Crippen molar-refractivity contribution in [2.24, 2.45) is 9.98 Å². The molecule has 1 unspecified atom stereocenters. The van der Waals surface area contributed by atoms with Gasteiger partial charge in [-0.3, -0.25) is 10.2 Å². The van der Waals surface area contributed by atoms with Gasteiger partial charge in [0.2, 0.25) is 12.2 Å². The number of aliphatic imine (C=N–C) groups is 2. The molecule has 0 aromatic carbocycles. The van der Waals surface area contributed by atoms with Gasteiger partial charge in [-0.2, -0.15) is 5.26 Å².